The number of methoxy groups -OCH3 is 4. The van der Waals surface area contributed by atoms with Crippen molar-refractivity contribution in [1.82, 2.24) is 0 Å². The van der Waals surface area contributed by atoms with Gasteiger partial charge in [-0.05, 0) is 66.7 Å². The molecule has 0 atom stereocenters. The second-order valence-corrected chi connectivity index (χ2v) is 8.28. The number of benzene rings is 4. The van der Waals surface area contributed by atoms with Crippen LogP contribution in [-0.4, -0.2) is 40.1 Å². The molecule has 4 aromatic rings. The zero-order valence-electron chi connectivity index (χ0n) is 21.9. The van der Waals surface area contributed by atoms with E-state index in [1.165, 1.54) is 28.4 Å². The van der Waals surface area contributed by atoms with Gasteiger partial charge in [0, 0.05) is 16.7 Å². The van der Waals surface area contributed by atoms with Crippen molar-refractivity contribution in [1.29, 1.82) is 0 Å². The number of ether oxygens (including phenoxy) is 5. The summed E-state index contributed by atoms with van der Waals surface area (Å²) in [5.41, 5.74) is 8.03. The van der Waals surface area contributed by atoms with Crippen molar-refractivity contribution in [2.45, 2.75) is 0 Å². The van der Waals surface area contributed by atoms with Crippen molar-refractivity contribution in [3.8, 4) is 34.5 Å². The molecule has 0 aliphatic rings. The summed E-state index contributed by atoms with van der Waals surface area (Å²) in [5, 5.41) is 2.78. The van der Waals surface area contributed by atoms with Crippen LogP contribution >= 0.6 is 0 Å². The van der Waals surface area contributed by atoms with Crippen molar-refractivity contribution in [2.75, 3.05) is 39.5 Å². The number of ketones is 1. The first kappa shape index (κ1) is 26.9. The summed E-state index contributed by atoms with van der Waals surface area (Å²) in [6.45, 7) is 0. The summed E-state index contributed by atoms with van der Waals surface area (Å²) in [6.07, 6.45) is 0. The third kappa shape index (κ3) is 5.88. The number of amides is 1. The Morgan fingerprint density at radius 1 is 0.641 bits per heavy atom. The van der Waals surface area contributed by atoms with E-state index < -0.39 is 0 Å². The maximum atomic E-state index is 13.4. The molecule has 9 nitrogen and oxygen atoms in total. The molecule has 3 N–H and O–H groups in total. The third-order valence-corrected chi connectivity index (χ3v) is 5.91. The van der Waals surface area contributed by atoms with Gasteiger partial charge in [0.2, 0.25) is 5.75 Å². The first-order valence-corrected chi connectivity index (χ1v) is 11.8. The van der Waals surface area contributed by atoms with Gasteiger partial charge in [0.15, 0.2) is 28.8 Å². The Morgan fingerprint density at radius 2 is 1.23 bits per heavy atom. The van der Waals surface area contributed by atoms with Gasteiger partial charge in [-0.15, -0.1) is 0 Å². The van der Waals surface area contributed by atoms with Gasteiger partial charge in [-0.3, -0.25) is 9.59 Å². The molecule has 4 rings (SSSR count). The number of nitrogens with two attached hydrogens (primary N) is 1. The average Bonchev–Trinajstić information content (AvgIpc) is 2.97. The van der Waals surface area contributed by atoms with E-state index in [1.54, 1.807) is 78.9 Å². The Balaban J connectivity index is 1.57. The molecular formula is C30H28N2O7. The third-order valence-electron chi connectivity index (χ3n) is 5.91. The van der Waals surface area contributed by atoms with Crippen molar-refractivity contribution in [3.63, 3.8) is 0 Å². The normalized spacial score (nSPS) is 10.4. The summed E-state index contributed by atoms with van der Waals surface area (Å²) in [4.78, 5) is 26.0. The fourth-order valence-electron chi connectivity index (χ4n) is 3.88. The minimum atomic E-state index is -0.310. The minimum Gasteiger partial charge on any atom is -0.493 e. The highest BCUT2D eigenvalue weighted by atomic mass is 16.5. The number of nitrogens with one attached hydrogen (secondary N) is 1. The van der Waals surface area contributed by atoms with Crippen molar-refractivity contribution in [2.24, 2.45) is 0 Å². The number of hydrogen-bond donors (Lipinski definition) is 2. The van der Waals surface area contributed by atoms with Crippen LogP contribution < -0.4 is 34.7 Å². The second kappa shape index (κ2) is 11.9. The van der Waals surface area contributed by atoms with Gasteiger partial charge in [0.05, 0.1) is 39.8 Å². The molecule has 4 aromatic carbocycles. The van der Waals surface area contributed by atoms with Crippen molar-refractivity contribution >= 4 is 23.1 Å². The molecule has 0 bridgehead atoms. The molecule has 0 aliphatic carbocycles. The van der Waals surface area contributed by atoms with Gasteiger partial charge in [0.1, 0.15) is 5.75 Å². The molecule has 0 fully saturated rings. The summed E-state index contributed by atoms with van der Waals surface area (Å²) >= 11 is 0. The van der Waals surface area contributed by atoms with Gasteiger partial charge >= 0.3 is 0 Å². The number of carbonyl (C=O) groups excluding carboxylic acids is 2. The largest absolute Gasteiger partial charge is 0.493 e. The lowest BCUT2D eigenvalue weighted by Gasteiger charge is -2.15. The first-order chi connectivity index (χ1) is 18.9. The van der Waals surface area contributed by atoms with Gasteiger partial charge in [-0.2, -0.15) is 0 Å². The molecular weight excluding hydrogens is 500 g/mol. The zero-order valence-corrected chi connectivity index (χ0v) is 21.9. The molecule has 0 heterocycles. The Bertz CT molecular complexity index is 1470. The summed E-state index contributed by atoms with van der Waals surface area (Å²) in [5.74, 6) is 1.72. The molecule has 1 amide bonds. The number of rotatable bonds is 10. The minimum absolute atomic E-state index is 0.283. The number of para-hydroxylation sites is 2. The van der Waals surface area contributed by atoms with Crippen LogP contribution in [-0.2, 0) is 0 Å². The highest BCUT2D eigenvalue weighted by Crippen LogP contribution is 2.39. The SMILES string of the molecule is COc1ccc(C(=O)c2cc(OC)c(OC)c(OC)c2)cc1Oc1ccc(C(=O)Nc2ccccc2N)cc1. The average molecular weight is 529 g/mol. The second-order valence-electron chi connectivity index (χ2n) is 8.28. The molecule has 0 radical (unpaired) electrons. The molecule has 200 valence electrons. The molecule has 0 unspecified atom stereocenters. The van der Waals surface area contributed by atoms with Crippen molar-refractivity contribution < 1.29 is 33.3 Å². The van der Waals surface area contributed by atoms with Crippen LogP contribution in [0.4, 0.5) is 11.4 Å². The van der Waals surface area contributed by atoms with E-state index in [0.29, 0.717) is 62.6 Å². The Hall–Kier alpha value is -5.18. The van der Waals surface area contributed by atoms with E-state index in [2.05, 4.69) is 5.32 Å². The van der Waals surface area contributed by atoms with Gasteiger partial charge in [-0.1, -0.05) is 12.1 Å². The Kier molecular flexibility index (Phi) is 8.21. The molecule has 0 aliphatic heterocycles. The lowest BCUT2D eigenvalue weighted by atomic mass is 10.0. The zero-order chi connectivity index (χ0) is 27.9. The van der Waals surface area contributed by atoms with Crippen LogP contribution in [0.1, 0.15) is 26.3 Å². The standard InChI is InChI=1S/C30H28N2O7/c1-35-24-14-11-19(28(33)20-16-26(36-2)29(38-4)27(17-20)37-3)15-25(24)39-21-12-9-18(10-13-21)30(34)32-23-8-6-5-7-22(23)31/h5-17H,31H2,1-4H3,(H,32,34). The number of anilines is 2. The van der Waals surface area contributed by atoms with Crippen LogP contribution in [0.25, 0.3) is 0 Å². The summed E-state index contributed by atoms with van der Waals surface area (Å²) in [6, 6.07) is 21.6. The number of nitrogen functional groups attached to an aromatic ring is 1. The lowest BCUT2D eigenvalue weighted by Crippen LogP contribution is -2.12. The molecule has 0 saturated carbocycles. The maximum Gasteiger partial charge on any atom is 0.255 e. The molecule has 0 spiro atoms. The topological polar surface area (TPSA) is 118 Å². The van der Waals surface area contributed by atoms with Gasteiger partial charge < -0.3 is 34.7 Å². The van der Waals surface area contributed by atoms with Crippen LogP contribution in [0.3, 0.4) is 0 Å². The van der Waals surface area contributed by atoms with Crippen LogP contribution in [0, 0.1) is 0 Å². The van der Waals surface area contributed by atoms with E-state index >= 15 is 0 Å². The van der Waals surface area contributed by atoms with Crippen LogP contribution in [0.2, 0.25) is 0 Å². The Morgan fingerprint density at radius 3 is 1.82 bits per heavy atom. The molecule has 0 saturated heterocycles. The molecule has 39 heavy (non-hydrogen) atoms. The van der Waals surface area contributed by atoms with Gasteiger partial charge in [-0.25, -0.2) is 0 Å². The van der Waals surface area contributed by atoms with E-state index in [0.717, 1.165) is 0 Å². The molecule has 0 aromatic heterocycles. The van der Waals surface area contributed by atoms with Crippen molar-refractivity contribution in [3.05, 3.63) is 95.6 Å². The highest BCUT2D eigenvalue weighted by molar-refractivity contribution is 6.10. The molecule has 9 heteroatoms. The lowest BCUT2D eigenvalue weighted by molar-refractivity contribution is 0.102. The fourth-order valence-corrected chi connectivity index (χ4v) is 3.88. The highest BCUT2D eigenvalue weighted by Gasteiger charge is 2.20. The smallest absolute Gasteiger partial charge is 0.255 e. The monoisotopic (exact) mass is 528 g/mol. The summed E-state index contributed by atoms with van der Waals surface area (Å²) < 4.78 is 27.6. The van der Waals surface area contributed by atoms with Gasteiger partial charge in [0.25, 0.3) is 5.91 Å². The quantitative estimate of drug-likeness (QED) is 0.202. The predicted octanol–water partition coefficient (Wildman–Crippen LogP) is 5.58. The fraction of sp³-hybridized carbons (Fsp3) is 0.133. The van der Waals surface area contributed by atoms with Crippen LogP contribution in [0.5, 0.6) is 34.5 Å². The first-order valence-electron chi connectivity index (χ1n) is 11.8. The van der Waals surface area contributed by atoms with E-state index in [4.69, 9.17) is 29.4 Å². The predicted molar refractivity (Wildman–Crippen MR) is 148 cm³/mol. The maximum absolute atomic E-state index is 13.4. The Labute approximate surface area is 226 Å². The summed E-state index contributed by atoms with van der Waals surface area (Å²) in [7, 11) is 5.96. The van der Waals surface area contributed by atoms with E-state index in [9.17, 15) is 9.59 Å². The van der Waals surface area contributed by atoms with E-state index in [1.807, 2.05) is 0 Å². The van der Waals surface area contributed by atoms with Crippen LogP contribution in [0.15, 0.2) is 78.9 Å². The van der Waals surface area contributed by atoms with E-state index in [-0.39, 0.29) is 11.7 Å². The number of hydrogen-bond acceptors (Lipinski definition) is 8. The number of carbonyl (C=O) groups is 2.